The van der Waals surface area contributed by atoms with Crippen molar-refractivity contribution in [3.63, 3.8) is 0 Å². The molecule has 0 aromatic carbocycles. The standard InChI is InChI=1S/C13H20ClNO/c1-2-3-4-5-6-9-16-13-8-7-12(10-14)15-11-13/h7-8,11H,2-6,9-10H2,1H3. The Balaban J connectivity index is 2.12. The summed E-state index contributed by atoms with van der Waals surface area (Å²) >= 11 is 5.65. The number of nitrogens with zero attached hydrogens (tertiary/aromatic N) is 1. The van der Waals surface area contributed by atoms with Crippen LogP contribution in [0, 0.1) is 0 Å². The van der Waals surface area contributed by atoms with E-state index in [1.807, 2.05) is 12.1 Å². The van der Waals surface area contributed by atoms with Crippen molar-refractivity contribution in [2.45, 2.75) is 44.9 Å². The number of pyridine rings is 1. The number of ether oxygens (including phenoxy) is 1. The minimum absolute atomic E-state index is 0.456. The summed E-state index contributed by atoms with van der Waals surface area (Å²) in [5.41, 5.74) is 0.886. The van der Waals surface area contributed by atoms with Gasteiger partial charge in [0, 0.05) is 0 Å². The molecule has 0 radical (unpaired) electrons. The maximum absolute atomic E-state index is 5.65. The molecule has 1 rings (SSSR count). The molecule has 90 valence electrons. The molecule has 16 heavy (non-hydrogen) atoms. The van der Waals surface area contributed by atoms with E-state index in [0.29, 0.717) is 5.88 Å². The monoisotopic (exact) mass is 241 g/mol. The normalized spacial score (nSPS) is 10.4. The third-order valence-corrected chi connectivity index (χ3v) is 2.72. The molecule has 0 saturated carbocycles. The van der Waals surface area contributed by atoms with Gasteiger partial charge < -0.3 is 4.74 Å². The number of hydrogen-bond acceptors (Lipinski definition) is 2. The molecule has 0 aliphatic carbocycles. The molecule has 0 spiro atoms. The van der Waals surface area contributed by atoms with Crippen LogP contribution in [-0.2, 0) is 5.88 Å². The first-order chi connectivity index (χ1) is 7.86. The molecule has 0 aliphatic rings. The molecule has 0 saturated heterocycles. The first-order valence-electron chi connectivity index (χ1n) is 6.00. The summed E-state index contributed by atoms with van der Waals surface area (Å²) in [5, 5.41) is 0. The van der Waals surface area contributed by atoms with Crippen molar-refractivity contribution in [1.29, 1.82) is 0 Å². The highest BCUT2D eigenvalue weighted by Crippen LogP contribution is 2.11. The van der Waals surface area contributed by atoms with Gasteiger partial charge in [-0.1, -0.05) is 32.6 Å². The minimum atomic E-state index is 0.456. The Bertz CT molecular complexity index is 274. The lowest BCUT2D eigenvalue weighted by molar-refractivity contribution is 0.303. The van der Waals surface area contributed by atoms with Crippen LogP contribution in [0.3, 0.4) is 0 Å². The van der Waals surface area contributed by atoms with E-state index in [0.717, 1.165) is 24.5 Å². The van der Waals surface area contributed by atoms with E-state index >= 15 is 0 Å². The fourth-order valence-corrected chi connectivity index (χ4v) is 1.63. The molecule has 1 heterocycles. The van der Waals surface area contributed by atoms with Gasteiger partial charge in [-0.05, 0) is 18.6 Å². The van der Waals surface area contributed by atoms with Crippen LogP contribution in [-0.4, -0.2) is 11.6 Å². The molecule has 0 unspecified atom stereocenters. The molecule has 2 nitrogen and oxygen atoms in total. The minimum Gasteiger partial charge on any atom is -0.492 e. The lowest BCUT2D eigenvalue weighted by Crippen LogP contribution is -1.98. The number of unbranched alkanes of at least 4 members (excludes halogenated alkanes) is 4. The van der Waals surface area contributed by atoms with Crippen molar-refractivity contribution >= 4 is 11.6 Å². The van der Waals surface area contributed by atoms with E-state index in [-0.39, 0.29) is 0 Å². The van der Waals surface area contributed by atoms with Gasteiger partial charge in [-0.25, -0.2) is 0 Å². The van der Waals surface area contributed by atoms with Crippen LogP contribution in [0.25, 0.3) is 0 Å². The maximum Gasteiger partial charge on any atom is 0.137 e. The Labute approximate surface area is 103 Å². The molecule has 0 N–H and O–H groups in total. The van der Waals surface area contributed by atoms with E-state index in [9.17, 15) is 0 Å². The molecule has 0 amide bonds. The van der Waals surface area contributed by atoms with Crippen LogP contribution >= 0.6 is 11.6 Å². The van der Waals surface area contributed by atoms with Crippen molar-refractivity contribution in [2.24, 2.45) is 0 Å². The zero-order chi connectivity index (χ0) is 11.6. The number of halogens is 1. The fraction of sp³-hybridized carbons (Fsp3) is 0.615. The summed E-state index contributed by atoms with van der Waals surface area (Å²) in [4.78, 5) is 4.17. The molecule has 0 fully saturated rings. The third-order valence-electron chi connectivity index (χ3n) is 2.45. The molecular formula is C13H20ClNO. The molecule has 3 heteroatoms. The number of alkyl halides is 1. The summed E-state index contributed by atoms with van der Waals surface area (Å²) in [7, 11) is 0. The van der Waals surface area contributed by atoms with Gasteiger partial charge in [-0.3, -0.25) is 4.98 Å². The van der Waals surface area contributed by atoms with Gasteiger partial charge in [0.1, 0.15) is 5.75 Å². The van der Waals surface area contributed by atoms with Crippen LogP contribution in [0.5, 0.6) is 5.75 Å². The summed E-state index contributed by atoms with van der Waals surface area (Å²) in [6.45, 7) is 3.01. The third kappa shape index (κ3) is 5.36. The largest absolute Gasteiger partial charge is 0.492 e. The van der Waals surface area contributed by atoms with Gasteiger partial charge in [0.25, 0.3) is 0 Å². The predicted octanol–water partition coefficient (Wildman–Crippen LogP) is 4.17. The van der Waals surface area contributed by atoms with Crippen molar-refractivity contribution in [1.82, 2.24) is 4.98 Å². The zero-order valence-corrected chi connectivity index (χ0v) is 10.7. The maximum atomic E-state index is 5.65. The van der Waals surface area contributed by atoms with Crippen molar-refractivity contribution in [3.8, 4) is 5.75 Å². The number of rotatable bonds is 8. The summed E-state index contributed by atoms with van der Waals surface area (Å²) in [6.07, 6.45) is 8.03. The second kappa shape index (κ2) is 8.40. The first-order valence-corrected chi connectivity index (χ1v) is 6.54. The number of hydrogen-bond donors (Lipinski definition) is 0. The Morgan fingerprint density at radius 3 is 2.62 bits per heavy atom. The van der Waals surface area contributed by atoms with Crippen LogP contribution in [0.1, 0.15) is 44.7 Å². The Kier molecular flexibility index (Phi) is 6.98. The lowest BCUT2D eigenvalue weighted by Gasteiger charge is -2.05. The topological polar surface area (TPSA) is 22.1 Å². The summed E-state index contributed by atoms with van der Waals surface area (Å²) in [5.74, 6) is 1.29. The van der Waals surface area contributed by atoms with Gasteiger partial charge in [0.15, 0.2) is 0 Å². The fourth-order valence-electron chi connectivity index (χ4n) is 1.47. The van der Waals surface area contributed by atoms with E-state index < -0.39 is 0 Å². The zero-order valence-electron chi connectivity index (χ0n) is 9.92. The Hall–Kier alpha value is -0.760. The van der Waals surface area contributed by atoms with Crippen molar-refractivity contribution in [3.05, 3.63) is 24.0 Å². The second-order valence-electron chi connectivity index (χ2n) is 3.88. The van der Waals surface area contributed by atoms with Crippen LogP contribution < -0.4 is 4.74 Å². The van der Waals surface area contributed by atoms with Crippen molar-refractivity contribution < 1.29 is 4.74 Å². The lowest BCUT2D eigenvalue weighted by atomic mass is 10.2. The molecular weight excluding hydrogens is 222 g/mol. The molecule has 0 aliphatic heterocycles. The van der Waals surface area contributed by atoms with Crippen LogP contribution in [0.4, 0.5) is 0 Å². The highest BCUT2D eigenvalue weighted by molar-refractivity contribution is 6.16. The summed E-state index contributed by atoms with van der Waals surface area (Å²) in [6, 6.07) is 3.83. The SMILES string of the molecule is CCCCCCCOc1ccc(CCl)nc1. The van der Waals surface area contributed by atoms with E-state index in [2.05, 4.69) is 11.9 Å². The highest BCUT2D eigenvalue weighted by Gasteiger charge is 1.96. The Morgan fingerprint density at radius 1 is 1.19 bits per heavy atom. The van der Waals surface area contributed by atoms with Gasteiger partial charge in [0.2, 0.25) is 0 Å². The van der Waals surface area contributed by atoms with Gasteiger partial charge in [-0.15, -0.1) is 11.6 Å². The molecule has 1 aromatic heterocycles. The molecule has 0 atom stereocenters. The smallest absolute Gasteiger partial charge is 0.137 e. The molecule has 0 bridgehead atoms. The predicted molar refractivity (Wildman–Crippen MR) is 68.0 cm³/mol. The van der Waals surface area contributed by atoms with E-state index in [1.54, 1.807) is 6.20 Å². The van der Waals surface area contributed by atoms with E-state index in [1.165, 1.54) is 25.7 Å². The second-order valence-corrected chi connectivity index (χ2v) is 4.15. The number of aromatic nitrogens is 1. The van der Waals surface area contributed by atoms with Crippen molar-refractivity contribution in [2.75, 3.05) is 6.61 Å². The average Bonchev–Trinajstić information content (AvgIpc) is 2.34. The van der Waals surface area contributed by atoms with E-state index in [4.69, 9.17) is 16.3 Å². The van der Waals surface area contributed by atoms with Crippen LogP contribution in [0.2, 0.25) is 0 Å². The quantitative estimate of drug-likeness (QED) is 0.503. The van der Waals surface area contributed by atoms with Gasteiger partial charge in [-0.2, -0.15) is 0 Å². The average molecular weight is 242 g/mol. The Morgan fingerprint density at radius 2 is 2.00 bits per heavy atom. The molecule has 1 aromatic rings. The first kappa shape index (κ1) is 13.3. The van der Waals surface area contributed by atoms with Gasteiger partial charge in [0.05, 0.1) is 24.4 Å². The van der Waals surface area contributed by atoms with Gasteiger partial charge >= 0.3 is 0 Å². The van der Waals surface area contributed by atoms with Crippen LogP contribution in [0.15, 0.2) is 18.3 Å². The summed E-state index contributed by atoms with van der Waals surface area (Å²) < 4.78 is 5.58. The highest BCUT2D eigenvalue weighted by atomic mass is 35.5.